The summed E-state index contributed by atoms with van der Waals surface area (Å²) < 4.78 is 5.66. The molecular weight excluding hydrogens is 228 g/mol. The predicted octanol–water partition coefficient (Wildman–Crippen LogP) is 4.06. The summed E-state index contributed by atoms with van der Waals surface area (Å²) in [5.41, 5.74) is 0. The Kier molecular flexibility index (Phi) is 5.96. The van der Waals surface area contributed by atoms with Crippen LogP contribution in [0.2, 0.25) is 5.02 Å². The Labute approximate surface area is 102 Å². The molecule has 1 rings (SSSR count). The highest BCUT2D eigenvalue weighted by Crippen LogP contribution is 2.24. The normalized spacial score (nSPS) is 12.5. The number of ether oxygens (including phenoxy) is 1. The van der Waals surface area contributed by atoms with Crippen LogP contribution >= 0.6 is 24.2 Å². The van der Waals surface area contributed by atoms with Crippen LogP contribution < -0.4 is 4.74 Å². The molecular formula is C12H17ClOS. The number of thiol groups is 1. The van der Waals surface area contributed by atoms with E-state index >= 15 is 0 Å². The van der Waals surface area contributed by atoms with Gasteiger partial charge in [0.1, 0.15) is 5.75 Å². The molecule has 1 aromatic rings. The van der Waals surface area contributed by atoms with Crippen molar-refractivity contribution in [1.29, 1.82) is 0 Å². The molecule has 0 aliphatic heterocycles. The maximum absolute atomic E-state index is 5.98. The molecule has 0 spiro atoms. The van der Waals surface area contributed by atoms with E-state index in [-0.39, 0.29) is 0 Å². The van der Waals surface area contributed by atoms with Crippen LogP contribution in [0.25, 0.3) is 0 Å². The first-order valence-electron chi connectivity index (χ1n) is 5.26. The standard InChI is InChI=1S/C12H17ClOS/c1-2-5-10(9-15)8-14-12-7-4-3-6-11(12)13/h3-4,6-7,10,15H,2,5,8-9H2,1H3. The number of para-hydroxylation sites is 1. The molecule has 1 nitrogen and oxygen atoms in total. The molecule has 1 unspecified atom stereocenters. The van der Waals surface area contributed by atoms with Crippen LogP contribution in [0.4, 0.5) is 0 Å². The Morgan fingerprint density at radius 2 is 2.13 bits per heavy atom. The van der Waals surface area contributed by atoms with Gasteiger partial charge in [0.05, 0.1) is 11.6 Å². The molecule has 0 bridgehead atoms. The zero-order valence-electron chi connectivity index (χ0n) is 8.95. The van der Waals surface area contributed by atoms with Gasteiger partial charge in [0, 0.05) is 5.92 Å². The lowest BCUT2D eigenvalue weighted by molar-refractivity contribution is 0.255. The topological polar surface area (TPSA) is 9.23 Å². The Morgan fingerprint density at radius 1 is 1.40 bits per heavy atom. The molecule has 0 saturated heterocycles. The molecule has 0 radical (unpaired) electrons. The van der Waals surface area contributed by atoms with Gasteiger partial charge in [-0.1, -0.05) is 37.1 Å². The first-order valence-corrected chi connectivity index (χ1v) is 6.27. The van der Waals surface area contributed by atoms with Gasteiger partial charge in [0.2, 0.25) is 0 Å². The SMILES string of the molecule is CCCC(CS)COc1ccccc1Cl. The third-order valence-electron chi connectivity index (χ3n) is 2.27. The number of rotatable bonds is 6. The first-order chi connectivity index (χ1) is 7.27. The number of hydrogen-bond donors (Lipinski definition) is 1. The number of halogens is 1. The molecule has 0 aromatic heterocycles. The molecule has 0 fully saturated rings. The van der Waals surface area contributed by atoms with E-state index in [2.05, 4.69) is 19.6 Å². The third kappa shape index (κ3) is 4.35. The fourth-order valence-corrected chi connectivity index (χ4v) is 1.88. The van der Waals surface area contributed by atoms with Crippen LogP contribution in [0, 0.1) is 5.92 Å². The minimum absolute atomic E-state index is 0.509. The van der Waals surface area contributed by atoms with E-state index in [1.54, 1.807) is 0 Å². The van der Waals surface area contributed by atoms with Gasteiger partial charge in [-0.25, -0.2) is 0 Å². The lowest BCUT2D eigenvalue weighted by atomic mass is 10.1. The minimum atomic E-state index is 0.509. The summed E-state index contributed by atoms with van der Waals surface area (Å²) in [4.78, 5) is 0. The van der Waals surface area contributed by atoms with Crippen LogP contribution in [-0.4, -0.2) is 12.4 Å². The number of hydrogen-bond acceptors (Lipinski definition) is 2. The van der Waals surface area contributed by atoms with Crippen molar-refractivity contribution < 1.29 is 4.74 Å². The van der Waals surface area contributed by atoms with E-state index in [1.165, 1.54) is 0 Å². The van der Waals surface area contributed by atoms with Crippen molar-refractivity contribution in [1.82, 2.24) is 0 Å². The third-order valence-corrected chi connectivity index (χ3v) is 3.09. The largest absolute Gasteiger partial charge is 0.492 e. The Hall–Kier alpha value is -0.340. The van der Waals surface area contributed by atoms with Crippen molar-refractivity contribution in [3.05, 3.63) is 29.3 Å². The Morgan fingerprint density at radius 3 is 2.73 bits per heavy atom. The second-order valence-electron chi connectivity index (χ2n) is 3.58. The molecule has 0 heterocycles. The van der Waals surface area contributed by atoms with Gasteiger partial charge in [0.15, 0.2) is 0 Å². The van der Waals surface area contributed by atoms with Crippen LogP contribution in [0.3, 0.4) is 0 Å². The number of benzene rings is 1. The van der Waals surface area contributed by atoms with Crippen molar-refractivity contribution in [2.45, 2.75) is 19.8 Å². The molecule has 0 aliphatic rings. The van der Waals surface area contributed by atoms with Crippen molar-refractivity contribution in [3.8, 4) is 5.75 Å². The molecule has 1 aromatic carbocycles. The Bertz CT molecular complexity index is 291. The van der Waals surface area contributed by atoms with Crippen molar-refractivity contribution in [3.63, 3.8) is 0 Å². The van der Waals surface area contributed by atoms with Gasteiger partial charge in [-0.2, -0.15) is 12.6 Å². The van der Waals surface area contributed by atoms with Crippen molar-refractivity contribution in [2.24, 2.45) is 5.92 Å². The summed E-state index contributed by atoms with van der Waals surface area (Å²) in [7, 11) is 0. The highest BCUT2D eigenvalue weighted by molar-refractivity contribution is 7.80. The van der Waals surface area contributed by atoms with E-state index < -0.39 is 0 Å². The molecule has 0 amide bonds. The maximum Gasteiger partial charge on any atom is 0.137 e. The summed E-state index contributed by atoms with van der Waals surface area (Å²) in [6, 6.07) is 7.56. The van der Waals surface area contributed by atoms with E-state index in [9.17, 15) is 0 Å². The average molecular weight is 245 g/mol. The lowest BCUT2D eigenvalue weighted by Crippen LogP contribution is -2.13. The fraction of sp³-hybridized carbons (Fsp3) is 0.500. The van der Waals surface area contributed by atoms with Crippen LogP contribution in [0.15, 0.2) is 24.3 Å². The quantitative estimate of drug-likeness (QED) is 0.743. The van der Waals surface area contributed by atoms with E-state index in [1.807, 2.05) is 24.3 Å². The van der Waals surface area contributed by atoms with Gasteiger partial charge >= 0.3 is 0 Å². The second kappa shape index (κ2) is 7.02. The summed E-state index contributed by atoms with van der Waals surface area (Å²) >= 11 is 10.3. The van der Waals surface area contributed by atoms with E-state index in [0.717, 1.165) is 24.3 Å². The van der Waals surface area contributed by atoms with E-state index in [0.29, 0.717) is 17.5 Å². The molecule has 0 saturated carbocycles. The molecule has 15 heavy (non-hydrogen) atoms. The smallest absolute Gasteiger partial charge is 0.137 e. The monoisotopic (exact) mass is 244 g/mol. The molecule has 0 aliphatic carbocycles. The molecule has 3 heteroatoms. The maximum atomic E-state index is 5.98. The molecule has 84 valence electrons. The Balaban J connectivity index is 2.45. The predicted molar refractivity (Wildman–Crippen MR) is 69.2 cm³/mol. The van der Waals surface area contributed by atoms with Gasteiger partial charge < -0.3 is 4.74 Å². The minimum Gasteiger partial charge on any atom is -0.492 e. The van der Waals surface area contributed by atoms with Gasteiger partial charge in [-0.15, -0.1) is 0 Å². The van der Waals surface area contributed by atoms with E-state index in [4.69, 9.17) is 16.3 Å². The summed E-state index contributed by atoms with van der Waals surface area (Å²) in [6.07, 6.45) is 2.31. The van der Waals surface area contributed by atoms with Gasteiger partial charge in [-0.3, -0.25) is 0 Å². The highest BCUT2D eigenvalue weighted by Gasteiger charge is 2.07. The van der Waals surface area contributed by atoms with Crippen LogP contribution in [0.1, 0.15) is 19.8 Å². The van der Waals surface area contributed by atoms with Gasteiger partial charge in [0.25, 0.3) is 0 Å². The highest BCUT2D eigenvalue weighted by atomic mass is 35.5. The molecule has 1 atom stereocenters. The van der Waals surface area contributed by atoms with Crippen molar-refractivity contribution >= 4 is 24.2 Å². The molecule has 0 N–H and O–H groups in total. The summed E-state index contributed by atoms with van der Waals surface area (Å²) in [5, 5.41) is 0.673. The summed E-state index contributed by atoms with van der Waals surface area (Å²) in [6.45, 7) is 2.87. The van der Waals surface area contributed by atoms with Crippen LogP contribution in [-0.2, 0) is 0 Å². The first kappa shape index (κ1) is 12.7. The lowest BCUT2D eigenvalue weighted by Gasteiger charge is -2.15. The van der Waals surface area contributed by atoms with Crippen molar-refractivity contribution in [2.75, 3.05) is 12.4 Å². The zero-order chi connectivity index (χ0) is 11.1. The fourth-order valence-electron chi connectivity index (χ4n) is 1.40. The summed E-state index contributed by atoms with van der Waals surface area (Å²) in [5.74, 6) is 2.13. The second-order valence-corrected chi connectivity index (χ2v) is 4.35. The average Bonchev–Trinajstić information content (AvgIpc) is 2.26. The van der Waals surface area contributed by atoms with Crippen LogP contribution in [0.5, 0.6) is 5.75 Å². The van der Waals surface area contributed by atoms with Gasteiger partial charge in [-0.05, 0) is 24.3 Å². The zero-order valence-corrected chi connectivity index (χ0v) is 10.6.